The Morgan fingerprint density at radius 3 is 2.59 bits per heavy atom. The maximum Gasteiger partial charge on any atom is 0.106 e. The van der Waals surface area contributed by atoms with Gasteiger partial charge in [0.05, 0.1) is 12.7 Å². The van der Waals surface area contributed by atoms with E-state index < -0.39 is 6.10 Å². The topological polar surface area (TPSA) is 29.5 Å². The number of hydrogen-bond donors (Lipinski definition) is 1. The molecule has 0 aromatic heterocycles. The lowest BCUT2D eigenvalue weighted by molar-refractivity contribution is -0.0230. The van der Waals surface area contributed by atoms with Gasteiger partial charge in [0, 0.05) is 11.5 Å². The highest BCUT2D eigenvalue weighted by atomic mass is 32.2. The van der Waals surface area contributed by atoms with Crippen LogP contribution in [-0.2, 0) is 4.74 Å². The van der Waals surface area contributed by atoms with E-state index >= 15 is 0 Å². The maximum atomic E-state index is 10.4. The number of aliphatic hydroxyl groups is 1. The number of aryl methyl sites for hydroxylation is 3. The van der Waals surface area contributed by atoms with Crippen molar-refractivity contribution in [3.63, 3.8) is 0 Å². The number of thioether (sulfide) groups is 1. The second-order valence-electron chi connectivity index (χ2n) is 4.72. The van der Waals surface area contributed by atoms with Crippen LogP contribution < -0.4 is 0 Å². The van der Waals surface area contributed by atoms with Gasteiger partial charge in [0.2, 0.25) is 0 Å². The average Bonchev–Trinajstić information content (AvgIpc) is 2.34. The van der Waals surface area contributed by atoms with Gasteiger partial charge in [-0.05, 0) is 43.0 Å². The fraction of sp³-hybridized carbons (Fsp3) is 0.571. The summed E-state index contributed by atoms with van der Waals surface area (Å²) in [6.07, 6.45) is -0.559. The van der Waals surface area contributed by atoms with E-state index in [2.05, 4.69) is 32.9 Å². The van der Waals surface area contributed by atoms with Crippen molar-refractivity contribution in [2.24, 2.45) is 0 Å². The SMILES string of the molecule is Cc1cc(C)c(C(O)C2CSCCO2)cc1C. The number of aliphatic hydroxyl groups excluding tert-OH is 1. The van der Waals surface area contributed by atoms with Gasteiger partial charge in [0.1, 0.15) is 6.10 Å². The van der Waals surface area contributed by atoms with Crippen molar-refractivity contribution in [1.82, 2.24) is 0 Å². The first-order valence-electron chi connectivity index (χ1n) is 6.04. The van der Waals surface area contributed by atoms with Crippen LogP contribution in [0.4, 0.5) is 0 Å². The zero-order valence-electron chi connectivity index (χ0n) is 10.7. The lowest BCUT2D eigenvalue weighted by atomic mass is 9.95. The summed E-state index contributed by atoms with van der Waals surface area (Å²) in [5.41, 5.74) is 4.67. The van der Waals surface area contributed by atoms with Crippen LogP contribution in [0.2, 0.25) is 0 Å². The molecule has 2 atom stereocenters. The number of hydrogen-bond acceptors (Lipinski definition) is 3. The molecule has 2 unspecified atom stereocenters. The highest BCUT2D eigenvalue weighted by molar-refractivity contribution is 7.99. The Kier molecular flexibility index (Phi) is 4.13. The summed E-state index contributed by atoms with van der Waals surface area (Å²) in [7, 11) is 0. The number of benzene rings is 1. The molecule has 1 aliphatic heterocycles. The van der Waals surface area contributed by atoms with E-state index in [0.29, 0.717) is 0 Å². The minimum atomic E-state index is -0.498. The molecule has 1 aromatic carbocycles. The van der Waals surface area contributed by atoms with E-state index in [4.69, 9.17) is 4.74 Å². The zero-order chi connectivity index (χ0) is 12.4. The van der Waals surface area contributed by atoms with Crippen LogP contribution >= 0.6 is 11.8 Å². The minimum Gasteiger partial charge on any atom is -0.386 e. The molecular weight excluding hydrogens is 232 g/mol. The van der Waals surface area contributed by atoms with Crippen molar-refractivity contribution in [1.29, 1.82) is 0 Å². The molecule has 1 aromatic rings. The van der Waals surface area contributed by atoms with Crippen molar-refractivity contribution in [2.45, 2.75) is 33.0 Å². The molecule has 0 amide bonds. The minimum absolute atomic E-state index is 0.0606. The molecule has 1 saturated heterocycles. The van der Waals surface area contributed by atoms with Crippen molar-refractivity contribution in [2.75, 3.05) is 18.1 Å². The van der Waals surface area contributed by atoms with Crippen LogP contribution in [0.3, 0.4) is 0 Å². The molecule has 0 radical (unpaired) electrons. The van der Waals surface area contributed by atoms with Crippen LogP contribution in [0, 0.1) is 20.8 Å². The third kappa shape index (κ3) is 2.84. The molecule has 94 valence electrons. The van der Waals surface area contributed by atoms with Gasteiger partial charge in [-0.25, -0.2) is 0 Å². The molecule has 2 rings (SSSR count). The van der Waals surface area contributed by atoms with Gasteiger partial charge in [-0.1, -0.05) is 12.1 Å². The lowest BCUT2D eigenvalue weighted by Crippen LogP contribution is -2.30. The highest BCUT2D eigenvalue weighted by Crippen LogP contribution is 2.29. The summed E-state index contributed by atoms with van der Waals surface area (Å²) in [5, 5.41) is 10.4. The Morgan fingerprint density at radius 1 is 1.24 bits per heavy atom. The summed E-state index contributed by atoms with van der Waals surface area (Å²) >= 11 is 1.85. The Labute approximate surface area is 107 Å². The second-order valence-corrected chi connectivity index (χ2v) is 5.87. The molecule has 1 N–H and O–H groups in total. The molecule has 2 nitrogen and oxygen atoms in total. The quantitative estimate of drug-likeness (QED) is 0.877. The van der Waals surface area contributed by atoms with Crippen LogP contribution in [0.5, 0.6) is 0 Å². The van der Waals surface area contributed by atoms with Crippen molar-refractivity contribution in [3.05, 3.63) is 34.4 Å². The molecule has 0 bridgehead atoms. The van der Waals surface area contributed by atoms with Gasteiger partial charge in [-0.15, -0.1) is 0 Å². The summed E-state index contributed by atoms with van der Waals surface area (Å²) in [5.74, 6) is 1.92. The van der Waals surface area contributed by atoms with Gasteiger partial charge < -0.3 is 9.84 Å². The monoisotopic (exact) mass is 252 g/mol. The zero-order valence-corrected chi connectivity index (χ0v) is 11.5. The van der Waals surface area contributed by atoms with E-state index in [-0.39, 0.29) is 6.10 Å². The molecule has 17 heavy (non-hydrogen) atoms. The normalized spacial score (nSPS) is 22.5. The summed E-state index contributed by atoms with van der Waals surface area (Å²) < 4.78 is 5.65. The first kappa shape index (κ1) is 12.9. The summed E-state index contributed by atoms with van der Waals surface area (Å²) in [6, 6.07) is 4.24. The fourth-order valence-electron chi connectivity index (χ4n) is 2.19. The Balaban J connectivity index is 2.23. The third-order valence-electron chi connectivity index (χ3n) is 3.39. The van der Waals surface area contributed by atoms with Crippen LogP contribution in [0.15, 0.2) is 12.1 Å². The molecule has 3 heteroatoms. The van der Waals surface area contributed by atoms with Gasteiger partial charge in [0.15, 0.2) is 0 Å². The van der Waals surface area contributed by atoms with Crippen molar-refractivity contribution < 1.29 is 9.84 Å². The Hall–Kier alpha value is -0.510. The van der Waals surface area contributed by atoms with E-state index in [1.807, 2.05) is 11.8 Å². The fourth-order valence-corrected chi connectivity index (χ4v) is 3.08. The predicted octanol–water partition coefficient (Wildman–Crippen LogP) is 2.78. The molecule has 0 spiro atoms. The number of rotatable bonds is 2. The molecule has 0 aliphatic carbocycles. The molecule has 0 saturated carbocycles. The summed E-state index contributed by atoms with van der Waals surface area (Å²) in [4.78, 5) is 0. The number of ether oxygens (including phenoxy) is 1. The van der Waals surface area contributed by atoms with Gasteiger partial charge in [-0.3, -0.25) is 0 Å². The highest BCUT2D eigenvalue weighted by Gasteiger charge is 2.25. The smallest absolute Gasteiger partial charge is 0.106 e. The lowest BCUT2D eigenvalue weighted by Gasteiger charge is -2.28. The van der Waals surface area contributed by atoms with Gasteiger partial charge in [0.25, 0.3) is 0 Å². The second kappa shape index (κ2) is 5.42. The van der Waals surface area contributed by atoms with Crippen molar-refractivity contribution in [3.8, 4) is 0 Å². The Bertz CT molecular complexity index is 397. The molecule has 1 fully saturated rings. The predicted molar refractivity (Wildman–Crippen MR) is 72.7 cm³/mol. The maximum absolute atomic E-state index is 10.4. The van der Waals surface area contributed by atoms with Crippen LogP contribution in [-0.4, -0.2) is 29.3 Å². The van der Waals surface area contributed by atoms with Crippen molar-refractivity contribution >= 4 is 11.8 Å². The van der Waals surface area contributed by atoms with E-state index in [9.17, 15) is 5.11 Å². The molecule has 1 aliphatic rings. The van der Waals surface area contributed by atoms with E-state index in [0.717, 1.165) is 29.2 Å². The van der Waals surface area contributed by atoms with Gasteiger partial charge in [-0.2, -0.15) is 11.8 Å². The van der Waals surface area contributed by atoms with Gasteiger partial charge >= 0.3 is 0 Å². The van der Waals surface area contributed by atoms with Crippen LogP contribution in [0.25, 0.3) is 0 Å². The average molecular weight is 252 g/mol. The first-order chi connectivity index (χ1) is 8.09. The standard InChI is InChI=1S/C14H20O2S/c1-9-6-11(3)12(7-10(9)2)14(15)13-8-17-5-4-16-13/h6-7,13-15H,4-5,8H2,1-3H3. The molecular formula is C14H20O2S. The molecule has 1 heterocycles. The van der Waals surface area contributed by atoms with Crippen LogP contribution in [0.1, 0.15) is 28.4 Å². The van der Waals surface area contributed by atoms with E-state index in [1.54, 1.807) is 0 Å². The Morgan fingerprint density at radius 2 is 1.94 bits per heavy atom. The first-order valence-corrected chi connectivity index (χ1v) is 7.20. The third-order valence-corrected chi connectivity index (χ3v) is 4.41. The van der Waals surface area contributed by atoms with E-state index in [1.165, 1.54) is 11.1 Å². The largest absolute Gasteiger partial charge is 0.386 e. The summed E-state index contributed by atoms with van der Waals surface area (Å²) in [6.45, 7) is 6.99.